The molecule has 0 aliphatic carbocycles. The van der Waals surface area contributed by atoms with Crippen LogP contribution in [0.5, 0.6) is 0 Å². The topological polar surface area (TPSA) is 23.6 Å². The number of hydrogen-bond acceptors (Lipinski definition) is 2. The fourth-order valence-corrected chi connectivity index (χ4v) is 2.13. The Kier molecular flexibility index (Phi) is 6.23. The van der Waals surface area contributed by atoms with Gasteiger partial charge < -0.3 is 9.80 Å². The summed E-state index contributed by atoms with van der Waals surface area (Å²) in [5.41, 5.74) is 0.855. The molecule has 0 aromatic heterocycles. The van der Waals surface area contributed by atoms with Crippen molar-refractivity contribution in [2.75, 3.05) is 25.5 Å². The summed E-state index contributed by atoms with van der Waals surface area (Å²) >= 11 is 6.89. The Hall–Kier alpha value is -0.650. The molecular formula is C14H18Br2N2O. The summed E-state index contributed by atoms with van der Waals surface area (Å²) in [6, 6.07) is 6.02. The first-order valence-corrected chi connectivity index (χ1v) is 7.50. The zero-order valence-electron chi connectivity index (χ0n) is 11.4. The minimum atomic E-state index is -0.0945. The molecular weight excluding hydrogens is 372 g/mol. The van der Waals surface area contributed by atoms with Crippen molar-refractivity contribution >= 4 is 43.5 Å². The Morgan fingerprint density at radius 3 is 2.47 bits per heavy atom. The minimum Gasteiger partial charge on any atom is -0.307 e. The third kappa shape index (κ3) is 4.44. The van der Waals surface area contributed by atoms with Gasteiger partial charge in [-0.2, -0.15) is 0 Å². The number of likely N-dealkylation sites (N-methyl/N-ethyl adjacent to an activating group) is 1. The number of halogens is 2. The van der Waals surface area contributed by atoms with Crippen molar-refractivity contribution in [2.45, 2.75) is 13.0 Å². The highest BCUT2D eigenvalue weighted by molar-refractivity contribution is 9.13. The molecule has 1 rings (SSSR count). The maximum absolute atomic E-state index is 12.0. The maximum atomic E-state index is 12.0. The number of benzene rings is 1. The Morgan fingerprint density at radius 1 is 1.37 bits per heavy atom. The Morgan fingerprint density at radius 2 is 2.00 bits per heavy atom. The van der Waals surface area contributed by atoms with Gasteiger partial charge in [-0.3, -0.25) is 4.79 Å². The van der Waals surface area contributed by atoms with Crippen molar-refractivity contribution in [3.63, 3.8) is 0 Å². The zero-order chi connectivity index (χ0) is 14.6. The first-order valence-electron chi connectivity index (χ1n) is 5.92. The lowest BCUT2D eigenvalue weighted by Gasteiger charge is -2.28. The molecule has 5 heteroatoms. The molecule has 0 saturated heterocycles. The monoisotopic (exact) mass is 388 g/mol. The summed E-state index contributed by atoms with van der Waals surface area (Å²) in [5, 5.41) is 0. The van der Waals surface area contributed by atoms with E-state index in [2.05, 4.69) is 50.3 Å². The molecule has 3 nitrogen and oxygen atoms in total. The van der Waals surface area contributed by atoms with Gasteiger partial charge in [0.25, 0.3) is 0 Å². The second kappa shape index (κ2) is 7.22. The van der Waals surface area contributed by atoms with Crippen LogP contribution in [0.3, 0.4) is 0 Å². The second-order valence-electron chi connectivity index (χ2n) is 4.56. The molecule has 0 heterocycles. The number of carbonyl (C=O) groups is 1. The van der Waals surface area contributed by atoms with Gasteiger partial charge in [0.05, 0.1) is 0 Å². The van der Waals surface area contributed by atoms with Gasteiger partial charge in [-0.25, -0.2) is 0 Å². The van der Waals surface area contributed by atoms with E-state index in [1.54, 1.807) is 4.90 Å². The lowest BCUT2D eigenvalue weighted by molar-refractivity contribution is -0.114. The van der Waals surface area contributed by atoms with E-state index in [0.29, 0.717) is 6.54 Å². The predicted molar refractivity (Wildman–Crippen MR) is 87.5 cm³/mol. The first kappa shape index (κ1) is 16.4. The number of hydrogen-bond donors (Lipinski definition) is 0. The predicted octanol–water partition coefficient (Wildman–Crippen LogP) is 3.68. The molecule has 0 fully saturated rings. The third-order valence-electron chi connectivity index (χ3n) is 2.98. The first-order chi connectivity index (χ1) is 8.86. The lowest BCUT2D eigenvalue weighted by atomic mass is 10.2. The van der Waals surface area contributed by atoms with Crippen molar-refractivity contribution in [3.05, 3.63) is 39.8 Å². The molecule has 0 aliphatic rings. The van der Waals surface area contributed by atoms with Gasteiger partial charge in [-0.15, -0.1) is 0 Å². The number of rotatable bonds is 5. The van der Waals surface area contributed by atoms with Crippen molar-refractivity contribution in [2.24, 2.45) is 0 Å². The molecule has 0 spiro atoms. The summed E-state index contributed by atoms with van der Waals surface area (Å²) in [5.74, 6) is -0.0945. The van der Waals surface area contributed by atoms with Crippen molar-refractivity contribution in [1.29, 1.82) is 0 Å². The van der Waals surface area contributed by atoms with Gasteiger partial charge in [-0.1, -0.05) is 6.58 Å². The van der Waals surface area contributed by atoms with E-state index in [4.69, 9.17) is 0 Å². The fourth-order valence-electron chi connectivity index (χ4n) is 1.51. The van der Waals surface area contributed by atoms with Crippen LogP contribution in [0.4, 0.5) is 5.69 Å². The van der Waals surface area contributed by atoms with Gasteiger partial charge in [-0.05, 0) is 77.2 Å². The van der Waals surface area contributed by atoms with E-state index in [1.165, 1.54) is 6.08 Å². The number of anilines is 1. The van der Waals surface area contributed by atoms with Crippen LogP contribution in [-0.4, -0.2) is 37.5 Å². The van der Waals surface area contributed by atoms with Crippen LogP contribution < -0.4 is 4.90 Å². The van der Waals surface area contributed by atoms with Crippen LogP contribution in [0.25, 0.3) is 0 Å². The van der Waals surface area contributed by atoms with E-state index < -0.39 is 0 Å². The quantitative estimate of drug-likeness (QED) is 0.717. The molecule has 1 amide bonds. The molecule has 0 N–H and O–H groups in total. The molecule has 0 aliphatic heterocycles. The molecule has 1 unspecified atom stereocenters. The highest BCUT2D eigenvalue weighted by Gasteiger charge is 2.18. The molecule has 1 aromatic rings. The highest BCUT2D eigenvalue weighted by Crippen LogP contribution is 2.28. The molecule has 0 saturated carbocycles. The van der Waals surface area contributed by atoms with E-state index in [-0.39, 0.29) is 11.9 Å². The molecule has 19 heavy (non-hydrogen) atoms. The highest BCUT2D eigenvalue weighted by atomic mass is 79.9. The summed E-state index contributed by atoms with van der Waals surface area (Å²) in [7, 11) is 4.00. The van der Waals surface area contributed by atoms with Gasteiger partial charge in [0.2, 0.25) is 5.91 Å². The van der Waals surface area contributed by atoms with Crippen molar-refractivity contribution in [1.82, 2.24) is 4.90 Å². The molecule has 0 bridgehead atoms. The van der Waals surface area contributed by atoms with Crippen LogP contribution in [-0.2, 0) is 4.79 Å². The number of nitrogens with zero attached hydrogens (tertiary/aromatic N) is 2. The van der Waals surface area contributed by atoms with E-state index in [1.807, 2.05) is 32.3 Å². The zero-order valence-corrected chi connectivity index (χ0v) is 14.5. The van der Waals surface area contributed by atoms with Gasteiger partial charge in [0.15, 0.2) is 0 Å². The van der Waals surface area contributed by atoms with E-state index in [0.717, 1.165) is 14.6 Å². The van der Waals surface area contributed by atoms with E-state index in [9.17, 15) is 4.79 Å². The van der Waals surface area contributed by atoms with Crippen LogP contribution in [0, 0.1) is 0 Å². The maximum Gasteiger partial charge on any atom is 0.250 e. The average Bonchev–Trinajstić information content (AvgIpc) is 2.38. The SMILES string of the molecule is C=CC(=O)N(CC(C)N(C)C)c1ccc(Br)c(Br)c1. The summed E-state index contributed by atoms with van der Waals surface area (Å²) in [4.78, 5) is 15.8. The number of carbonyl (C=O) groups excluding carboxylic acids is 1. The standard InChI is InChI=1S/C14H18Br2N2O/c1-5-14(19)18(9-10(2)17(3)4)11-6-7-12(15)13(16)8-11/h5-8,10H,1,9H2,2-4H3. The summed E-state index contributed by atoms with van der Waals surface area (Å²) in [6.45, 7) is 6.27. The van der Waals surface area contributed by atoms with Crippen LogP contribution >= 0.6 is 31.9 Å². The summed E-state index contributed by atoms with van der Waals surface area (Å²) in [6.07, 6.45) is 1.35. The van der Waals surface area contributed by atoms with Gasteiger partial charge in [0, 0.05) is 27.2 Å². The molecule has 1 atom stereocenters. The van der Waals surface area contributed by atoms with Gasteiger partial charge in [0.1, 0.15) is 0 Å². The molecule has 1 aromatic carbocycles. The largest absolute Gasteiger partial charge is 0.307 e. The summed E-state index contributed by atoms with van der Waals surface area (Å²) < 4.78 is 1.88. The molecule has 104 valence electrons. The third-order valence-corrected chi connectivity index (χ3v) is 4.86. The Balaban J connectivity index is 3.06. The van der Waals surface area contributed by atoms with E-state index >= 15 is 0 Å². The second-order valence-corrected chi connectivity index (χ2v) is 6.27. The van der Waals surface area contributed by atoms with Crippen LogP contribution in [0.1, 0.15) is 6.92 Å². The number of amides is 1. The average molecular weight is 390 g/mol. The molecule has 0 radical (unpaired) electrons. The van der Waals surface area contributed by atoms with Crippen molar-refractivity contribution in [3.8, 4) is 0 Å². The fraction of sp³-hybridized carbons (Fsp3) is 0.357. The van der Waals surface area contributed by atoms with Crippen LogP contribution in [0.2, 0.25) is 0 Å². The Bertz CT molecular complexity index is 475. The van der Waals surface area contributed by atoms with Crippen molar-refractivity contribution < 1.29 is 4.79 Å². The Labute approximate surface area is 131 Å². The van der Waals surface area contributed by atoms with Crippen LogP contribution in [0.15, 0.2) is 39.8 Å². The lowest BCUT2D eigenvalue weighted by Crippen LogP contribution is -2.41. The normalized spacial score (nSPS) is 12.3. The smallest absolute Gasteiger partial charge is 0.250 e. The minimum absolute atomic E-state index is 0.0945. The van der Waals surface area contributed by atoms with Gasteiger partial charge >= 0.3 is 0 Å².